The molecule has 4 heteroatoms. The molecular formula is C10H21NO2S. The maximum absolute atomic E-state index is 11.2. The molecule has 1 N–H and O–H groups in total. The first-order chi connectivity index (χ1) is 6.72. The van der Waals surface area contributed by atoms with Gasteiger partial charge >= 0.3 is 5.97 Å². The molecule has 0 fully saturated rings. The summed E-state index contributed by atoms with van der Waals surface area (Å²) in [5.74, 6) is 2.16. The summed E-state index contributed by atoms with van der Waals surface area (Å²) in [6.45, 7) is 7.15. The summed E-state index contributed by atoms with van der Waals surface area (Å²) in [5, 5.41) is 3.14. The molecule has 0 rings (SSSR count). The molecule has 0 aliphatic carbocycles. The maximum atomic E-state index is 11.2. The quantitative estimate of drug-likeness (QED) is 0.498. The minimum absolute atomic E-state index is 0.157. The molecule has 0 bridgehead atoms. The van der Waals surface area contributed by atoms with Crippen molar-refractivity contribution in [3.63, 3.8) is 0 Å². The van der Waals surface area contributed by atoms with Crippen LogP contribution in [0.3, 0.4) is 0 Å². The van der Waals surface area contributed by atoms with E-state index in [2.05, 4.69) is 12.2 Å². The number of rotatable bonds is 8. The smallest absolute Gasteiger partial charge is 0.322 e. The number of thioether (sulfide) groups is 1. The lowest BCUT2D eigenvalue weighted by Gasteiger charge is -2.11. The van der Waals surface area contributed by atoms with E-state index in [0.717, 1.165) is 24.5 Å². The van der Waals surface area contributed by atoms with E-state index >= 15 is 0 Å². The van der Waals surface area contributed by atoms with Crippen LogP contribution in [0.25, 0.3) is 0 Å². The molecule has 0 aromatic carbocycles. The first kappa shape index (κ1) is 13.8. The summed E-state index contributed by atoms with van der Waals surface area (Å²) in [5.41, 5.74) is 0. The Balaban J connectivity index is 3.34. The van der Waals surface area contributed by atoms with Crippen molar-refractivity contribution in [1.29, 1.82) is 0 Å². The zero-order valence-corrected chi connectivity index (χ0v) is 10.2. The van der Waals surface area contributed by atoms with E-state index in [1.165, 1.54) is 0 Å². The van der Waals surface area contributed by atoms with Gasteiger partial charge in [0.25, 0.3) is 0 Å². The molecule has 0 aromatic heterocycles. The zero-order chi connectivity index (χ0) is 10.8. The molecule has 1 unspecified atom stereocenters. The third-order valence-electron chi connectivity index (χ3n) is 1.76. The maximum Gasteiger partial charge on any atom is 0.322 e. The molecule has 14 heavy (non-hydrogen) atoms. The fourth-order valence-electron chi connectivity index (χ4n) is 0.988. The first-order valence-electron chi connectivity index (χ1n) is 5.20. The molecule has 0 aliphatic rings. The lowest BCUT2D eigenvalue weighted by Crippen LogP contribution is -2.36. The Morgan fingerprint density at radius 1 is 1.50 bits per heavy atom. The Morgan fingerprint density at radius 3 is 2.79 bits per heavy atom. The summed E-state index contributed by atoms with van der Waals surface area (Å²) < 4.78 is 4.88. The van der Waals surface area contributed by atoms with E-state index in [1.54, 1.807) is 0 Å². The predicted molar refractivity (Wildman–Crippen MR) is 61.7 cm³/mol. The average molecular weight is 219 g/mol. The van der Waals surface area contributed by atoms with Crippen LogP contribution >= 0.6 is 11.8 Å². The Bertz CT molecular complexity index is 153. The van der Waals surface area contributed by atoms with Crippen LogP contribution < -0.4 is 5.32 Å². The Hall–Kier alpha value is -0.220. The van der Waals surface area contributed by atoms with Crippen molar-refractivity contribution < 1.29 is 9.53 Å². The minimum Gasteiger partial charge on any atom is -0.465 e. The van der Waals surface area contributed by atoms with Crippen molar-refractivity contribution >= 4 is 17.7 Å². The highest BCUT2D eigenvalue weighted by Gasteiger charge is 2.11. The van der Waals surface area contributed by atoms with E-state index < -0.39 is 0 Å². The van der Waals surface area contributed by atoms with Crippen molar-refractivity contribution in [2.24, 2.45) is 0 Å². The zero-order valence-electron chi connectivity index (χ0n) is 9.34. The highest BCUT2D eigenvalue weighted by Crippen LogP contribution is 1.99. The molecule has 0 spiro atoms. The van der Waals surface area contributed by atoms with E-state index in [9.17, 15) is 4.79 Å². The number of hydrogen-bond donors (Lipinski definition) is 1. The highest BCUT2D eigenvalue weighted by atomic mass is 32.2. The van der Waals surface area contributed by atoms with Crippen molar-refractivity contribution in [3.8, 4) is 0 Å². The van der Waals surface area contributed by atoms with Crippen LogP contribution in [0.15, 0.2) is 0 Å². The number of nitrogens with one attached hydrogen (secondary N) is 1. The molecule has 3 nitrogen and oxygen atoms in total. The van der Waals surface area contributed by atoms with Gasteiger partial charge in [0.05, 0.1) is 6.61 Å². The lowest BCUT2D eigenvalue weighted by atomic mass is 10.3. The third-order valence-corrected chi connectivity index (χ3v) is 2.75. The van der Waals surface area contributed by atoms with Crippen molar-refractivity contribution in [2.45, 2.75) is 33.2 Å². The van der Waals surface area contributed by atoms with Crippen LogP contribution in [-0.4, -0.2) is 36.7 Å². The summed E-state index contributed by atoms with van der Waals surface area (Å²) in [6.07, 6.45) is 1.10. The Morgan fingerprint density at radius 2 is 2.21 bits per heavy atom. The summed E-state index contributed by atoms with van der Waals surface area (Å²) >= 11 is 1.92. The molecule has 0 radical (unpaired) electrons. The van der Waals surface area contributed by atoms with Crippen LogP contribution in [-0.2, 0) is 9.53 Å². The number of hydrogen-bond acceptors (Lipinski definition) is 4. The molecule has 1 atom stereocenters. The van der Waals surface area contributed by atoms with Crippen LogP contribution in [0, 0.1) is 0 Å². The molecular weight excluding hydrogens is 198 g/mol. The van der Waals surface area contributed by atoms with Gasteiger partial charge in [0.1, 0.15) is 6.04 Å². The van der Waals surface area contributed by atoms with Gasteiger partial charge in [-0.3, -0.25) is 4.79 Å². The fourth-order valence-corrected chi connectivity index (χ4v) is 1.62. The van der Waals surface area contributed by atoms with E-state index in [1.807, 2.05) is 25.6 Å². The third kappa shape index (κ3) is 7.21. The normalized spacial score (nSPS) is 12.5. The van der Waals surface area contributed by atoms with Crippen molar-refractivity contribution in [2.75, 3.05) is 24.7 Å². The van der Waals surface area contributed by atoms with Crippen molar-refractivity contribution in [3.05, 3.63) is 0 Å². The second kappa shape index (κ2) is 9.34. The summed E-state index contributed by atoms with van der Waals surface area (Å²) in [7, 11) is 0. The van der Waals surface area contributed by atoms with Gasteiger partial charge < -0.3 is 10.1 Å². The van der Waals surface area contributed by atoms with Gasteiger partial charge in [-0.1, -0.05) is 6.92 Å². The second-order valence-electron chi connectivity index (χ2n) is 2.98. The van der Waals surface area contributed by atoms with Gasteiger partial charge in [-0.25, -0.2) is 0 Å². The van der Waals surface area contributed by atoms with Gasteiger partial charge in [0, 0.05) is 0 Å². The largest absolute Gasteiger partial charge is 0.465 e. The van der Waals surface area contributed by atoms with Crippen LogP contribution in [0.4, 0.5) is 0 Å². The van der Waals surface area contributed by atoms with Crippen LogP contribution in [0.5, 0.6) is 0 Å². The molecule has 0 aromatic rings. The Kier molecular flexibility index (Phi) is 9.19. The number of esters is 1. The van der Waals surface area contributed by atoms with E-state index in [-0.39, 0.29) is 12.0 Å². The predicted octanol–water partition coefficient (Wildman–Crippen LogP) is 1.67. The van der Waals surface area contributed by atoms with Crippen LogP contribution in [0.1, 0.15) is 27.2 Å². The van der Waals surface area contributed by atoms with Gasteiger partial charge in [-0.05, 0) is 38.3 Å². The summed E-state index contributed by atoms with van der Waals surface area (Å²) in [6, 6.07) is -0.179. The molecule has 0 saturated carbocycles. The molecule has 0 amide bonds. The average Bonchev–Trinajstić information content (AvgIpc) is 2.17. The minimum atomic E-state index is -0.179. The highest BCUT2D eigenvalue weighted by molar-refractivity contribution is 7.99. The van der Waals surface area contributed by atoms with Gasteiger partial charge in [0.2, 0.25) is 0 Å². The number of ether oxygens (including phenoxy) is 1. The number of carbonyl (C=O) groups excluding carboxylic acids is 1. The van der Waals surface area contributed by atoms with E-state index in [0.29, 0.717) is 6.61 Å². The molecule has 0 heterocycles. The molecule has 0 aliphatic heterocycles. The first-order valence-corrected chi connectivity index (χ1v) is 6.35. The molecule has 0 saturated heterocycles. The van der Waals surface area contributed by atoms with E-state index in [4.69, 9.17) is 4.74 Å². The second-order valence-corrected chi connectivity index (χ2v) is 4.37. The summed E-state index contributed by atoms with van der Waals surface area (Å²) in [4.78, 5) is 11.2. The number of carbonyl (C=O) groups is 1. The van der Waals surface area contributed by atoms with Gasteiger partial charge in [0.15, 0.2) is 0 Å². The van der Waals surface area contributed by atoms with Gasteiger partial charge in [-0.2, -0.15) is 11.8 Å². The fraction of sp³-hybridized carbons (Fsp3) is 0.900. The van der Waals surface area contributed by atoms with Crippen molar-refractivity contribution in [1.82, 2.24) is 5.32 Å². The van der Waals surface area contributed by atoms with Crippen LogP contribution in [0.2, 0.25) is 0 Å². The lowest BCUT2D eigenvalue weighted by molar-refractivity contribution is -0.145. The standard InChI is InChI=1S/C10H21NO2S/c1-4-13-10(12)9(3)11-7-6-8-14-5-2/h9,11H,4-8H2,1-3H3. The monoisotopic (exact) mass is 219 g/mol. The Labute approximate surface area is 91.0 Å². The van der Waals surface area contributed by atoms with Gasteiger partial charge in [-0.15, -0.1) is 0 Å². The topological polar surface area (TPSA) is 38.3 Å². The molecule has 84 valence electrons. The SMILES string of the molecule is CCOC(=O)C(C)NCCCSCC.